The molecule has 3 aromatic carbocycles. The molecule has 0 aliphatic heterocycles. The Morgan fingerprint density at radius 2 is 1.78 bits per heavy atom. The quantitative estimate of drug-likeness (QED) is 0.330. The van der Waals surface area contributed by atoms with Gasteiger partial charge in [0, 0.05) is 34.1 Å². The van der Waals surface area contributed by atoms with Gasteiger partial charge in [0.25, 0.3) is 5.91 Å². The van der Waals surface area contributed by atoms with Gasteiger partial charge in [-0.3, -0.25) is 9.59 Å². The number of hydrogen-bond acceptors (Lipinski definition) is 4. The van der Waals surface area contributed by atoms with E-state index in [0.29, 0.717) is 22.9 Å². The van der Waals surface area contributed by atoms with E-state index < -0.39 is 0 Å². The summed E-state index contributed by atoms with van der Waals surface area (Å²) in [5.41, 5.74) is 3.14. The highest BCUT2D eigenvalue weighted by atomic mass is 35.5. The van der Waals surface area contributed by atoms with Gasteiger partial charge in [0.2, 0.25) is 5.91 Å². The number of benzene rings is 3. The fourth-order valence-corrected chi connectivity index (χ4v) is 4.70. The average Bonchev–Trinajstić information content (AvgIpc) is 3.66. The second-order valence-electron chi connectivity index (χ2n) is 9.45. The van der Waals surface area contributed by atoms with Crippen molar-refractivity contribution in [3.05, 3.63) is 101 Å². The van der Waals surface area contributed by atoms with Crippen LogP contribution in [0.5, 0.6) is 0 Å². The lowest BCUT2D eigenvalue weighted by Crippen LogP contribution is -2.16. The minimum atomic E-state index is -0.221. The summed E-state index contributed by atoms with van der Waals surface area (Å²) in [4.78, 5) is 32.3. The van der Waals surface area contributed by atoms with E-state index in [-0.39, 0.29) is 23.7 Å². The maximum Gasteiger partial charge on any atom is 0.256 e. The van der Waals surface area contributed by atoms with Crippen molar-refractivity contribution in [1.29, 1.82) is 0 Å². The zero-order valence-electron chi connectivity index (χ0n) is 20.2. The lowest BCUT2D eigenvalue weighted by molar-refractivity contribution is -0.117. The van der Waals surface area contributed by atoms with E-state index in [4.69, 9.17) is 11.6 Å². The van der Waals surface area contributed by atoms with Gasteiger partial charge >= 0.3 is 0 Å². The van der Waals surface area contributed by atoms with Gasteiger partial charge in [0.05, 0.1) is 5.69 Å². The van der Waals surface area contributed by atoms with Crippen LogP contribution in [-0.2, 0) is 11.3 Å². The Morgan fingerprint density at radius 3 is 2.61 bits per heavy atom. The predicted octanol–water partition coefficient (Wildman–Crippen LogP) is 5.94. The van der Waals surface area contributed by atoms with Crippen LogP contribution in [0.1, 0.15) is 34.0 Å². The van der Waals surface area contributed by atoms with Gasteiger partial charge in [-0.2, -0.15) is 0 Å². The van der Waals surface area contributed by atoms with Gasteiger partial charge in [-0.05, 0) is 79.8 Å². The number of fused-ring (bicyclic) bond motifs is 1. The van der Waals surface area contributed by atoms with Crippen molar-refractivity contribution in [2.45, 2.75) is 18.9 Å². The lowest BCUT2D eigenvalue weighted by atomic mass is 10.0. The first-order valence-electron chi connectivity index (χ1n) is 11.9. The standard InChI is InChI=1S/C29H27ClN4O2/c1-34(2)17-22-9-5-11-27(31-22)33-28(35)20-8-3-7-19(14-20)23-16-25(23)29(36)32-21-13-12-18-6-4-10-26(30)24(18)15-21/h3-15,23,25H,16-17H2,1-2H3,(H,32,36)(H,31,33,35)/t23-,25+/m0/s1. The summed E-state index contributed by atoms with van der Waals surface area (Å²) in [7, 11) is 3.95. The number of carbonyl (C=O) groups is 2. The van der Waals surface area contributed by atoms with E-state index >= 15 is 0 Å². The maximum absolute atomic E-state index is 12.9. The Labute approximate surface area is 215 Å². The molecule has 6 nitrogen and oxygen atoms in total. The van der Waals surface area contributed by atoms with Crippen LogP contribution in [0.4, 0.5) is 11.5 Å². The van der Waals surface area contributed by atoms with Crippen LogP contribution in [0.25, 0.3) is 10.8 Å². The highest BCUT2D eigenvalue weighted by Crippen LogP contribution is 2.48. The van der Waals surface area contributed by atoms with Gasteiger partial charge in [-0.25, -0.2) is 4.98 Å². The molecule has 2 atom stereocenters. The highest BCUT2D eigenvalue weighted by Gasteiger charge is 2.44. The number of pyridine rings is 1. The summed E-state index contributed by atoms with van der Waals surface area (Å²) in [6.07, 6.45) is 0.749. The van der Waals surface area contributed by atoms with E-state index in [2.05, 4.69) is 15.6 Å². The molecule has 2 N–H and O–H groups in total. The number of nitrogens with zero attached hydrogens (tertiary/aromatic N) is 2. The Morgan fingerprint density at radius 1 is 0.972 bits per heavy atom. The van der Waals surface area contributed by atoms with Crippen molar-refractivity contribution in [2.24, 2.45) is 5.92 Å². The fourth-order valence-electron chi connectivity index (χ4n) is 4.46. The molecule has 1 aliphatic carbocycles. The molecule has 182 valence electrons. The predicted molar refractivity (Wildman–Crippen MR) is 144 cm³/mol. The molecule has 0 spiro atoms. The first-order valence-corrected chi connectivity index (χ1v) is 12.3. The number of amides is 2. The second-order valence-corrected chi connectivity index (χ2v) is 9.85. The van der Waals surface area contributed by atoms with E-state index in [1.807, 2.05) is 85.7 Å². The lowest BCUT2D eigenvalue weighted by Gasteiger charge is -2.11. The monoisotopic (exact) mass is 498 g/mol. The van der Waals surface area contributed by atoms with Gasteiger partial charge in [0.15, 0.2) is 0 Å². The van der Waals surface area contributed by atoms with E-state index in [0.717, 1.165) is 34.1 Å². The smallest absolute Gasteiger partial charge is 0.256 e. The van der Waals surface area contributed by atoms with Crippen molar-refractivity contribution in [2.75, 3.05) is 24.7 Å². The van der Waals surface area contributed by atoms with E-state index in [9.17, 15) is 9.59 Å². The molecule has 0 bridgehead atoms. The Hall–Kier alpha value is -3.74. The minimum Gasteiger partial charge on any atom is -0.326 e. The summed E-state index contributed by atoms with van der Waals surface area (Å²) in [6.45, 7) is 0.691. The SMILES string of the molecule is CN(C)Cc1cccc(NC(=O)c2cccc([C@@H]3C[C@H]3C(=O)Nc3ccc4cccc(Cl)c4c3)c2)n1. The van der Waals surface area contributed by atoms with E-state index in [1.165, 1.54) is 0 Å². The Bertz CT molecular complexity index is 1450. The minimum absolute atomic E-state index is 0.0248. The van der Waals surface area contributed by atoms with Crippen LogP contribution in [0.15, 0.2) is 78.9 Å². The van der Waals surface area contributed by atoms with Gasteiger partial charge in [-0.15, -0.1) is 0 Å². The van der Waals surface area contributed by atoms with E-state index in [1.54, 1.807) is 12.1 Å². The number of anilines is 2. The van der Waals surface area contributed by atoms with Crippen LogP contribution < -0.4 is 10.6 Å². The number of nitrogens with one attached hydrogen (secondary N) is 2. The van der Waals surface area contributed by atoms with Gasteiger partial charge in [0.1, 0.15) is 5.82 Å². The number of hydrogen-bond donors (Lipinski definition) is 2. The average molecular weight is 499 g/mol. The van der Waals surface area contributed by atoms with Crippen molar-refractivity contribution >= 4 is 45.7 Å². The molecule has 1 aliphatic rings. The Kier molecular flexibility index (Phi) is 6.72. The molecule has 0 unspecified atom stereocenters. The zero-order valence-corrected chi connectivity index (χ0v) is 20.9. The second kappa shape index (κ2) is 10.1. The summed E-state index contributed by atoms with van der Waals surface area (Å²) >= 11 is 6.31. The van der Waals surface area contributed by atoms with Crippen LogP contribution >= 0.6 is 11.6 Å². The van der Waals surface area contributed by atoms with Crippen LogP contribution in [0, 0.1) is 5.92 Å². The van der Waals surface area contributed by atoms with Crippen molar-refractivity contribution in [3.8, 4) is 0 Å². The highest BCUT2D eigenvalue weighted by molar-refractivity contribution is 6.35. The zero-order chi connectivity index (χ0) is 25.2. The summed E-state index contributed by atoms with van der Waals surface area (Å²) < 4.78 is 0. The third kappa shape index (κ3) is 5.40. The number of carbonyl (C=O) groups excluding carboxylic acids is 2. The fraction of sp³-hybridized carbons (Fsp3) is 0.207. The Balaban J connectivity index is 1.24. The topological polar surface area (TPSA) is 74.3 Å². The van der Waals surface area contributed by atoms with Gasteiger partial charge in [-0.1, -0.05) is 48.0 Å². The molecule has 0 saturated heterocycles. The molecule has 0 radical (unpaired) electrons. The normalized spacial score (nSPS) is 16.7. The summed E-state index contributed by atoms with van der Waals surface area (Å²) in [5.74, 6) is 0.228. The summed E-state index contributed by atoms with van der Waals surface area (Å²) in [5, 5.41) is 8.50. The third-order valence-electron chi connectivity index (χ3n) is 6.33. The molecule has 1 heterocycles. The molecule has 1 aromatic heterocycles. The molecule has 2 amide bonds. The number of rotatable bonds is 7. The molecular weight excluding hydrogens is 472 g/mol. The van der Waals surface area contributed by atoms with Gasteiger partial charge < -0.3 is 15.5 Å². The third-order valence-corrected chi connectivity index (χ3v) is 6.66. The number of halogens is 1. The maximum atomic E-state index is 12.9. The molecule has 4 aromatic rings. The largest absolute Gasteiger partial charge is 0.326 e. The van der Waals surface area contributed by atoms with Crippen molar-refractivity contribution in [3.63, 3.8) is 0 Å². The number of aromatic nitrogens is 1. The molecule has 1 saturated carbocycles. The van der Waals surface area contributed by atoms with Crippen LogP contribution in [0.3, 0.4) is 0 Å². The molecular formula is C29H27ClN4O2. The van der Waals surface area contributed by atoms with Crippen molar-refractivity contribution in [1.82, 2.24) is 9.88 Å². The van der Waals surface area contributed by atoms with Crippen LogP contribution in [0.2, 0.25) is 5.02 Å². The molecule has 5 rings (SSSR count). The first kappa shape index (κ1) is 24.0. The van der Waals surface area contributed by atoms with Crippen molar-refractivity contribution < 1.29 is 9.59 Å². The summed E-state index contributed by atoms with van der Waals surface area (Å²) in [6, 6.07) is 24.6. The molecule has 1 fully saturated rings. The van der Waals surface area contributed by atoms with Crippen LogP contribution in [-0.4, -0.2) is 35.8 Å². The molecule has 36 heavy (non-hydrogen) atoms. The first-order chi connectivity index (χ1) is 17.4. The molecule has 7 heteroatoms.